The molecule has 1 saturated heterocycles. The zero-order valence-electron chi connectivity index (χ0n) is 14.4. The zero-order valence-corrected chi connectivity index (χ0v) is 14.4. The molecule has 0 aliphatic carbocycles. The van der Waals surface area contributed by atoms with E-state index in [-0.39, 0.29) is 11.9 Å². The second-order valence-electron chi connectivity index (χ2n) is 6.68. The number of likely N-dealkylation sites (N-methyl/N-ethyl adjacent to an activating group) is 1. The average molecular weight is 315 g/mol. The molecule has 0 N–H and O–H groups in total. The molecule has 1 fully saturated rings. The lowest BCUT2D eigenvalue weighted by Crippen LogP contribution is -2.34. The van der Waals surface area contributed by atoms with Gasteiger partial charge in [-0.25, -0.2) is 9.67 Å². The van der Waals surface area contributed by atoms with E-state index in [1.807, 2.05) is 22.6 Å². The summed E-state index contributed by atoms with van der Waals surface area (Å²) in [5.74, 6) is 0.0964. The summed E-state index contributed by atoms with van der Waals surface area (Å²) < 4.78 is 1.88. The Labute approximate surface area is 137 Å². The molecule has 6 nitrogen and oxygen atoms in total. The predicted molar refractivity (Wildman–Crippen MR) is 90.7 cm³/mol. The molecule has 0 aromatic carbocycles. The molecule has 2 aromatic heterocycles. The van der Waals surface area contributed by atoms with Crippen molar-refractivity contribution in [3.8, 4) is 0 Å². The number of carbonyl (C=O) groups excluding carboxylic acids is 1. The lowest BCUT2D eigenvalue weighted by molar-refractivity contribution is 0.0764. The van der Waals surface area contributed by atoms with Crippen LogP contribution < -0.4 is 0 Å². The summed E-state index contributed by atoms with van der Waals surface area (Å²) in [6, 6.07) is 2.11. The Morgan fingerprint density at radius 1 is 1.22 bits per heavy atom. The molecule has 0 spiro atoms. The van der Waals surface area contributed by atoms with E-state index >= 15 is 0 Å². The maximum atomic E-state index is 13.0. The molecule has 0 saturated carbocycles. The fraction of sp³-hybridized carbons (Fsp3) is 0.588. The molecule has 0 unspecified atom stereocenters. The van der Waals surface area contributed by atoms with Gasteiger partial charge in [0.2, 0.25) is 0 Å². The van der Waals surface area contributed by atoms with Gasteiger partial charge >= 0.3 is 0 Å². The molecule has 0 atom stereocenters. The first kappa shape index (κ1) is 15.9. The number of rotatable bonds is 2. The molecule has 3 rings (SSSR count). The van der Waals surface area contributed by atoms with Gasteiger partial charge in [0.05, 0.1) is 17.1 Å². The number of hydrogen-bond donors (Lipinski definition) is 0. The first-order valence-corrected chi connectivity index (χ1v) is 8.30. The van der Waals surface area contributed by atoms with E-state index in [1.54, 1.807) is 6.20 Å². The monoisotopic (exact) mass is 315 g/mol. The quantitative estimate of drug-likeness (QED) is 0.851. The van der Waals surface area contributed by atoms with E-state index in [9.17, 15) is 4.79 Å². The van der Waals surface area contributed by atoms with E-state index in [0.717, 1.165) is 54.9 Å². The van der Waals surface area contributed by atoms with E-state index in [2.05, 4.69) is 35.9 Å². The minimum Gasteiger partial charge on any atom is -0.337 e. The minimum atomic E-state index is 0.0964. The highest BCUT2D eigenvalue weighted by Gasteiger charge is 2.23. The molecule has 3 heterocycles. The number of aryl methyl sites for hydroxylation is 1. The highest BCUT2D eigenvalue weighted by molar-refractivity contribution is 6.05. The van der Waals surface area contributed by atoms with Gasteiger partial charge in [0, 0.05) is 31.4 Å². The van der Waals surface area contributed by atoms with Crippen LogP contribution in [0.5, 0.6) is 0 Å². The topological polar surface area (TPSA) is 54.3 Å². The first-order chi connectivity index (χ1) is 11.0. The van der Waals surface area contributed by atoms with Crippen LogP contribution in [-0.4, -0.2) is 63.7 Å². The van der Waals surface area contributed by atoms with Crippen LogP contribution >= 0.6 is 0 Å². The highest BCUT2D eigenvalue weighted by Crippen LogP contribution is 2.22. The summed E-state index contributed by atoms with van der Waals surface area (Å²) in [7, 11) is 2.11. The van der Waals surface area contributed by atoms with Crippen molar-refractivity contribution >= 4 is 16.9 Å². The molecular weight excluding hydrogens is 290 g/mol. The Hall–Kier alpha value is -1.95. The summed E-state index contributed by atoms with van der Waals surface area (Å²) in [4.78, 5) is 21.9. The highest BCUT2D eigenvalue weighted by atomic mass is 16.2. The second-order valence-corrected chi connectivity index (χ2v) is 6.68. The van der Waals surface area contributed by atoms with Crippen LogP contribution in [0.2, 0.25) is 0 Å². The van der Waals surface area contributed by atoms with E-state index in [4.69, 9.17) is 0 Å². The van der Waals surface area contributed by atoms with E-state index in [1.165, 1.54) is 0 Å². The van der Waals surface area contributed by atoms with Crippen LogP contribution in [0, 0.1) is 6.92 Å². The molecule has 1 amide bonds. The summed E-state index contributed by atoms with van der Waals surface area (Å²) in [6.45, 7) is 9.63. The Bertz CT molecular complexity index is 721. The number of nitrogens with zero attached hydrogens (tertiary/aromatic N) is 5. The van der Waals surface area contributed by atoms with E-state index in [0.29, 0.717) is 0 Å². The number of fused-ring (bicyclic) bond motifs is 1. The van der Waals surface area contributed by atoms with Crippen LogP contribution in [-0.2, 0) is 0 Å². The number of hydrogen-bond acceptors (Lipinski definition) is 4. The van der Waals surface area contributed by atoms with Gasteiger partial charge in [-0.15, -0.1) is 0 Å². The van der Waals surface area contributed by atoms with Gasteiger partial charge in [-0.2, -0.15) is 5.10 Å². The van der Waals surface area contributed by atoms with Gasteiger partial charge in [0.15, 0.2) is 5.65 Å². The maximum absolute atomic E-state index is 13.0. The third kappa shape index (κ3) is 3.08. The second kappa shape index (κ2) is 6.28. The van der Waals surface area contributed by atoms with Crippen molar-refractivity contribution in [1.82, 2.24) is 24.6 Å². The van der Waals surface area contributed by atoms with Crippen molar-refractivity contribution in [2.75, 3.05) is 33.2 Å². The smallest absolute Gasteiger partial charge is 0.254 e. The number of pyridine rings is 1. The third-order valence-electron chi connectivity index (χ3n) is 4.42. The van der Waals surface area contributed by atoms with Crippen molar-refractivity contribution in [1.29, 1.82) is 0 Å². The molecule has 0 radical (unpaired) electrons. The van der Waals surface area contributed by atoms with Crippen LogP contribution in [0.4, 0.5) is 0 Å². The first-order valence-electron chi connectivity index (χ1n) is 8.30. The Kier molecular flexibility index (Phi) is 4.35. The molecule has 6 heteroatoms. The van der Waals surface area contributed by atoms with Crippen molar-refractivity contribution in [2.45, 2.75) is 33.2 Å². The van der Waals surface area contributed by atoms with Gasteiger partial charge < -0.3 is 9.80 Å². The molecule has 2 aromatic rings. The van der Waals surface area contributed by atoms with Crippen LogP contribution in [0.15, 0.2) is 12.3 Å². The van der Waals surface area contributed by atoms with Gasteiger partial charge in [0.25, 0.3) is 5.91 Å². The minimum absolute atomic E-state index is 0.0964. The van der Waals surface area contributed by atoms with Crippen molar-refractivity contribution in [3.05, 3.63) is 23.5 Å². The summed E-state index contributed by atoms with van der Waals surface area (Å²) in [5, 5.41) is 5.28. The fourth-order valence-electron chi connectivity index (χ4n) is 3.12. The number of carbonyl (C=O) groups is 1. The Morgan fingerprint density at radius 2 is 2.00 bits per heavy atom. The molecular formula is C17H25N5O. The van der Waals surface area contributed by atoms with E-state index < -0.39 is 0 Å². The van der Waals surface area contributed by atoms with Crippen LogP contribution in [0.3, 0.4) is 0 Å². The molecule has 124 valence electrons. The Balaban J connectivity index is 2.00. The van der Waals surface area contributed by atoms with Gasteiger partial charge in [0.1, 0.15) is 0 Å². The normalized spacial score (nSPS) is 17.0. The number of amides is 1. The van der Waals surface area contributed by atoms with Crippen LogP contribution in [0.1, 0.15) is 42.4 Å². The molecule has 23 heavy (non-hydrogen) atoms. The summed E-state index contributed by atoms with van der Waals surface area (Å²) >= 11 is 0. The zero-order chi connectivity index (χ0) is 16.6. The van der Waals surface area contributed by atoms with Gasteiger partial charge in [-0.3, -0.25) is 4.79 Å². The average Bonchev–Trinajstić information content (AvgIpc) is 2.80. The summed E-state index contributed by atoms with van der Waals surface area (Å²) in [6.07, 6.45) is 2.79. The lowest BCUT2D eigenvalue weighted by atomic mass is 10.1. The molecule has 1 aliphatic heterocycles. The summed E-state index contributed by atoms with van der Waals surface area (Å²) in [5.41, 5.74) is 2.38. The predicted octanol–water partition coefficient (Wildman–Crippen LogP) is 2.10. The van der Waals surface area contributed by atoms with Crippen molar-refractivity contribution in [3.63, 3.8) is 0 Å². The largest absolute Gasteiger partial charge is 0.337 e. The molecule has 1 aliphatic rings. The molecule has 0 bridgehead atoms. The van der Waals surface area contributed by atoms with Crippen molar-refractivity contribution in [2.24, 2.45) is 0 Å². The SMILES string of the molecule is Cc1cc(C(=O)N2CCCN(C)CC2)c2cnn(C(C)C)c2n1. The van der Waals surface area contributed by atoms with Crippen molar-refractivity contribution < 1.29 is 4.79 Å². The standard InChI is InChI=1S/C17H25N5O/c1-12(2)22-16-15(11-18-22)14(10-13(3)19-16)17(23)21-7-5-6-20(4)8-9-21/h10-12H,5-9H2,1-4H3. The lowest BCUT2D eigenvalue weighted by Gasteiger charge is -2.21. The third-order valence-corrected chi connectivity index (χ3v) is 4.42. The fourth-order valence-corrected chi connectivity index (χ4v) is 3.12. The number of aromatic nitrogens is 3. The maximum Gasteiger partial charge on any atom is 0.254 e. The van der Waals surface area contributed by atoms with Gasteiger partial charge in [-0.05, 0) is 46.9 Å². The Morgan fingerprint density at radius 3 is 2.74 bits per heavy atom. The van der Waals surface area contributed by atoms with Crippen LogP contribution in [0.25, 0.3) is 11.0 Å². The van der Waals surface area contributed by atoms with Gasteiger partial charge in [-0.1, -0.05) is 0 Å².